The molecule has 0 aromatic carbocycles. The van der Waals surface area contributed by atoms with Crippen molar-refractivity contribution in [2.24, 2.45) is 14.1 Å². The number of nitrogen functional groups attached to an aromatic ring is 1. The van der Waals surface area contributed by atoms with Crippen molar-refractivity contribution in [3.63, 3.8) is 0 Å². The van der Waals surface area contributed by atoms with Crippen LogP contribution in [0.3, 0.4) is 0 Å². The molecule has 0 saturated carbocycles. The van der Waals surface area contributed by atoms with E-state index in [4.69, 9.17) is 5.73 Å². The third-order valence-corrected chi connectivity index (χ3v) is 2.00. The van der Waals surface area contributed by atoms with Crippen molar-refractivity contribution in [1.29, 1.82) is 0 Å². The van der Waals surface area contributed by atoms with E-state index in [-0.39, 0.29) is 11.5 Å². The predicted octanol–water partition coefficient (Wildman–Crippen LogP) is -0.751. The number of hydrogen-bond donors (Lipinski definition) is 1. The minimum atomic E-state index is -0.342. The zero-order valence-corrected chi connectivity index (χ0v) is 7.35. The van der Waals surface area contributed by atoms with Gasteiger partial charge in [0.1, 0.15) is 0 Å². The maximum absolute atomic E-state index is 11.4. The number of hydrogen-bond acceptors (Lipinski definition) is 4. The molecule has 0 aliphatic carbocycles. The number of fused-ring (bicyclic) bond motifs is 1. The highest BCUT2D eigenvalue weighted by molar-refractivity contribution is 5.71. The summed E-state index contributed by atoms with van der Waals surface area (Å²) >= 11 is 0. The van der Waals surface area contributed by atoms with E-state index in [1.807, 2.05) is 0 Å². The maximum atomic E-state index is 11.4. The van der Waals surface area contributed by atoms with Crippen LogP contribution in [0.2, 0.25) is 0 Å². The van der Waals surface area contributed by atoms with Crippen molar-refractivity contribution >= 4 is 17.1 Å². The number of rotatable bonds is 0. The molecule has 2 heterocycles. The summed E-state index contributed by atoms with van der Waals surface area (Å²) in [4.78, 5) is 19.1. The first kappa shape index (κ1) is 7.78. The fourth-order valence-corrected chi connectivity index (χ4v) is 1.25. The van der Waals surface area contributed by atoms with Crippen LogP contribution in [0.25, 0.3) is 11.2 Å². The summed E-state index contributed by atoms with van der Waals surface area (Å²) in [7, 11) is 3.46. The van der Waals surface area contributed by atoms with Crippen molar-refractivity contribution in [2.75, 3.05) is 5.73 Å². The molecule has 0 bridgehead atoms. The summed E-state index contributed by atoms with van der Waals surface area (Å²) < 4.78 is 3.21. The molecule has 6 nitrogen and oxygen atoms in total. The van der Waals surface area contributed by atoms with Crippen LogP contribution >= 0.6 is 0 Å². The Hall–Kier alpha value is -1.85. The van der Waals surface area contributed by atoms with Gasteiger partial charge in [-0.05, 0) is 0 Å². The number of nitrogens with two attached hydrogens (primary N) is 1. The van der Waals surface area contributed by atoms with Gasteiger partial charge in [0.2, 0.25) is 5.95 Å². The Labute approximate surface area is 73.6 Å². The Bertz CT molecular complexity index is 523. The molecule has 2 aromatic heterocycles. The molecule has 2 rings (SSSR count). The summed E-state index contributed by atoms with van der Waals surface area (Å²) in [6, 6.07) is 0. The Kier molecular flexibility index (Phi) is 1.39. The quantitative estimate of drug-likeness (QED) is 0.577. The van der Waals surface area contributed by atoms with E-state index in [0.717, 1.165) is 0 Å². The van der Waals surface area contributed by atoms with Gasteiger partial charge in [-0.25, -0.2) is 4.98 Å². The lowest BCUT2D eigenvalue weighted by Crippen LogP contribution is -2.17. The summed E-state index contributed by atoms with van der Waals surface area (Å²) in [5.74, 6) is 0.177. The van der Waals surface area contributed by atoms with Gasteiger partial charge in [0.05, 0.1) is 6.33 Å². The number of nitrogens with zero attached hydrogens (tertiary/aromatic N) is 4. The topological polar surface area (TPSA) is 78.7 Å². The van der Waals surface area contributed by atoms with Gasteiger partial charge in [0.25, 0.3) is 0 Å². The Morgan fingerprint density at radius 3 is 2.85 bits per heavy atom. The smallest absolute Gasteiger partial charge is 0.300 e. The van der Waals surface area contributed by atoms with Gasteiger partial charge in [-0.2, -0.15) is 4.98 Å². The average molecular weight is 179 g/mol. The van der Waals surface area contributed by atoms with Gasteiger partial charge in [0.15, 0.2) is 11.2 Å². The molecule has 6 heteroatoms. The molecule has 0 unspecified atom stereocenters. The highest BCUT2D eigenvalue weighted by Crippen LogP contribution is 2.07. The molecular formula is C7H9N5O. The monoisotopic (exact) mass is 179 g/mol. The molecule has 2 N–H and O–H groups in total. The van der Waals surface area contributed by atoms with Crippen LogP contribution < -0.4 is 11.3 Å². The molecule has 68 valence electrons. The Balaban J connectivity index is 3.08. The van der Waals surface area contributed by atoms with Crippen molar-refractivity contribution in [3.05, 3.63) is 16.7 Å². The number of imidazole rings is 1. The Morgan fingerprint density at radius 2 is 2.15 bits per heavy atom. The summed E-state index contributed by atoms with van der Waals surface area (Å²) in [5.41, 5.74) is 6.18. The zero-order valence-electron chi connectivity index (χ0n) is 7.35. The van der Waals surface area contributed by atoms with Crippen molar-refractivity contribution in [2.45, 2.75) is 0 Å². The summed E-state index contributed by atoms with van der Waals surface area (Å²) in [5, 5.41) is 0. The van der Waals surface area contributed by atoms with Crippen molar-refractivity contribution in [1.82, 2.24) is 19.1 Å². The van der Waals surface area contributed by atoms with Gasteiger partial charge in [-0.15, -0.1) is 0 Å². The zero-order chi connectivity index (χ0) is 9.59. The van der Waals surface area contributed by atoms with E-state index in [0.29, 0.717) is 11.2 Å². The van der Waals surface area contributed by atoms with Crippen LogP contribution in [-0.4, -0.2) is 19.1 Å². The minimum Gasteiger partial charge on any atom is -0.369 e. The van der Waals surface area contributed by atoms with Crippen molar-refractivity contribution < 1.29 is 0 Å². The SMILES string of the molecule is Cn1cnc2c1c(=O)nc(N)n2C. The second-order valence-electron chi connectivity index (χ2n) is 2.86. The van der Waals surface area contributed by atoms with Crippen LogP contribution in [-0.2, 0) is 14.1 Å². The summed E-state index contributed by atoms with van der Waals surface area (Å²) in [6.45, 7) is 0. The third-order valence-electron chi connectivity index (χ3n) is 2.00. The molecule has 13 heavy (non-hydrogen) atoms. The van der Waals surface area contributed by atoms with E-state index < -0.39 is 0 Å². The van der Waals surface area contributed by atoms with Crippen LogP contribution in [0.1, 0.15) is 0 Å². The fourth-order valence-electron chi connectivity index (χ4n) is 1.25. The van der Waals surface area contributed by atoms with E-state index in [1.54, 1.807) is 29.6 Å². The van der Waals surface area contributed by atoms with E-state index in [2.05, 4.69) is 9.97 Å². The first-order valence-corrected chi connectivity index (χ1v) is 3.75. The molecule has 2 aromatic rings. The van der Waals surface area contributed by atoms with Crippen LogP contribution in [0.5, 0.6) is 0 Å². The molecular weight excluding hydrogens is 170 g/mol. The van der Waals surface area contributed by atoms with Crippen LogP contribution in [0, 0.1) is 0 Å². The van der Waals surface area contributed by atoms with Gasteiger partial charge in [-0.1, -0.05) is 0 Å². The van der Waals surface area contributed by atoms with Crippen LogP contribution in [0.4, 0.5) is 5.95 Å². The normalized spacial score (nSPS) is 10.9. The van der Waals surface area contributed by atoms with E-state index in [9.17, 15) is 4.79 Å². The maximum Gasteiger partial charge on any atom is 0.300 e. The van der Waals surface area contributed by atoms with E-state index in [1.165, 1.54) is 0 Å². The van der Waals surface area contributed by atoms with Gasteiger partial charge in [0, 0.05) is 14.1 Å². The van der Waals surface area contributed by atoms with E-state index >= 15 is 0 Å². The second-order valence-corrected chi connectivity index (χ2v) is 2.86. The number of anilines is 1. The van der Waals surface area contributed by atoms with Gasteiger partial charge in [-0.3, -0.25) is 9.36 Å². The largest absolute Gasteiger partial charge is 0.369 e. The lowest BCUT2D eigenvalue weighted by molar-refractivity contribution is 0.901. The number of aryl methyl sites for hydroxylation is 2. The Morgan fingerprint density at radius 1 is 1.46 bits per heavy atom. The molecule has 0 fully saturated rings. The molecule has 0 spiro atoms. The number of aromatic nitrogens is 4. The lowest BCUT2D eigenvalue weighted by Gasteiger charge is -2.02. The molecule has 0 saturated heterocycles. The molecule has 0 aliphatic rings. The highest BCUT2D eigenvalue weighted by Gasteiger charge is 2.09. The third kappa shape index (κ3) is 0.915. The minimum absolute atomic E-state index is 0.177. The second kappa shape index (κ2) is 2.32. The van der Waals surface area contributed by atoms with Gasteiger partial charge < -0.3 is 10.3 Å². The standard InChI is InChI=1S/C7H9N5O/c1-11-3-9-5-4(11)6(13)10-7(8)12(5)2/h3H,1-2H3,(H2,8,10,13). The molecule has 0 aliphatic heterocycles. The first-order valence-electron chi connectivity index (χ1n) is 3.75. The summed E-state index contributed by atoms with van der Waals surface area (Å²) in [6.07, 6.45) is 1.56. The molecule has 0 amide bonds. The molecule has 0 radical (unpaired) electrons. The predicted molar refractivity (Wildman–Crippen MR) is 48.2 cm³/mol. The lowest BCUT2D eigenvalue weighted by atomic mass is 10.5. The van der Waals surface area contributed by atoms with Gasteiger partial charge >= 0.3 is 5.56 Å². The fraction of sp³-hybridized carbons (Fsp3) is 0.286. The van der Waals surface area contributed by atoms with Crippen molar-refractivity contribution in [3.8, 4) is 0 Å². The molecule has 0 atom stereocenters. The van der Waals surface area contributed by atoms with Crippen LogP contribution in [0.15, 0.2) is 11.1 Å². The highest BCUT2D eigenvalue weighted by atomic mass is 16.1. The first-order chi connectivity index (χ1) is 6.11. The average Bonchev–Trinajstić information content (AvgIpc) is 2.44.